The topological polar surface area (TPSA) is 43.6 Å². The Morgan fingerprint density at radius 3 is 2.01 bits per heavy atom. The Hall–Kier alpha value is -7.73. The number of nitrogens with zero attached hydrogens (tertiary/aromatic N) is 4. The number of aryl methyl sites for hydroxylation is 1. The number of benzene rings is 5. The molecule has 1 aliphatic rings. The van der Waals surface area contributed by atoms with Crippen molar-refractivity contribution in [2.75, 3.05) is 0 Å². The maximum absolute atomic E-state index is 4.83. The summed E-state index contributed by atoms with van der Waals surface area (Å²) in [5, 5.41) is 4.94. The van der Waals surface area contributed by atoms with Crippen LogP contribution >= 0.6 is 11.3 Å². The summed E-state index contributed by atoms with van der Waals surface area (Å²) in [6, 6.07) is 54.7. The SMILES string of the molecule is C=C/C(=C\C=C/C)c1ccc2sc3ccc(-n4c5ccc(C6=C(c7ccccn7)C(C)CC=C6)cc5c5cc(-c6ccccc6-c6ccccn6)ccc54)cc3c2c1.CCCc1ccccn1. The molecule has 5 aromatic heterocycles. The summed E-state index contributed by atoms with van der Waals surface area (Å²) in [5.74, 6) is 0.357. The highest BCUT2D eigenvalue weighted by Crippen LogP contribution is 2.43. The minimum atomic E-state index is 0.357. The van der Waals surface area contributed by atoms with Gasteiger partial charge in [-0.05, 0) is 156 Å². The van der Waals surface area contributed by atoms with Gasteiger partial charge in [0.2, 0.25) is 0 Å². The van der Waals surface area contributed by atoms with E-state index in [4.69, 9.17) is 9.97 Å². The van der Waals surface area contributed by atoms with Gasteiger partial charge in [-0.25, -0.2) is 0 Å². The van der Waals surface area contributed by atoms with E-state index in [2.05, 4.69) is 182 Å². The molecular weight excluding hydrogens is 833 g/mol. The maximum Gasteiger partial charge on any atom is 0.0708 e. The molecule has 10 aromatic rings. The lowest BCUT2D eigenvalue weighted by atomic mass is 9.83. The first-order valence-corrected chi connectivity index (χ1v) is 24.1. The molecule has 5 heteroatoms. The van der Waals surface area contributed by atoms with E-state index in [9.17, 15) is 0 Å². The van der Waals surface area contributed by atoms with Crippen LogP contribution in [0.15, 0.2) is 213 Å². The van der Waals surface area contributed by atoms with Crippen molar-refractivity contribution in [3.63, 3.8) is 0 Å². The van der Waals surface area contributed by atoms with E-state index in [1.165, 1.54) is 76.4 Å². The fraction of sp³-hybridized carbons (Fsp3) is 0.113. The Bertz CT molecular complexity index is 3530. The van der Waals surface area contributed by atoms with Gasteiger partial charge in [-0.3, -0.25) is 15.0 Å². The maximum atomic E-state index is 4.83. The second kappa shape index (κ2) is 19.4. The van der Waals surface area contributed by atoms with Crippen LogP contribution in [-0.2, 0) is 6.42 Å². The fourth-order valence-corrected chi connectivity index (χ4v) is 10.6. The zero-order valence-corrected chi connectivity index (χ0v) is 39.0. The van der Waals surface area contributed by atoms with Gasteiger partial charge in [0.15, 0.2) is 0 Å². The molecule has 67 heavy (non-hydrogen) atoms. The van der Waals surface area contributed by atoms with Gasteiger partial charge in [0.25, 0.3) is 0 Å². The molecule has 4 nitrogen and oxygen atoms in total. The molecule has 0 radical (unpaired) electrons. The first-order valence-electron chi connectivity index (χ1n) is 23.3. The highest BCUT2D eigenvalue weighted by Gasteiger charge is 2.22. The number of pyridine rings is 3. The second-order valence-corrected chi connectivity index (χ2v) is 18.1. The first kappa shape index (κ1) is 43.2. The molecule has 11 rings (SSSR count). The molecule has 5 heterocycles. The third kappa shape index (κ3) is 8.62. The van der Waals surface area contributed by atoms with Crippen molar-refractivity contribution >= 4 is 70.0 Å². The zero-order valence-electron chi connectivity index (χ0n) is 38.2. The Morgan fingerprint density at radius 2 is 1.33 bits per heavy atom. The summed E-state index contributed by atoms with van der Waals surface area (Å²) in [5.41, 5.74) is 16.1. The molecule has 0 amide bonds. The van der Waals surface area contributed by atoms with Crippen LogP contribution in [0.2, 0.25) is 0 Å². The number of allylic oxidation sites excluding steroid dienone is 9. The van der Waals surface area contributed by atoms with Gasteiger partial charge in [0.1, 0.15) is 0 Å². The second-order valence-electron chi connectivity index (χ2n) is 17.1. The van der Waals surface area contributed by atoms with E-state index < -0.39 is 0 Å². The van der Waals surface area contributed by atoms with Crippen molar-refractivity contribution in [3.8, 4) is 28.1 Å². The minimum Gasteiger partial charge on any atom is -0.309 e. The number of rotatable bonds is 10. The van der Waals surface area contributed by atoms with Crippen LogP contribution in [0, 0.1) is 5.92 Å². The molecule has 0 spiro atoms. The van der Waals surface area contributed by atoms with E-state index in [-0.39, 0.29) is 0 Å². The zero-order chi connectivity index (χ0) is 45.7. The van der Waals surface area contributed by atoms with Gasteiger partial charge < -0.3 is 4.57 Å². The summed E-state index contributed by atoms with van der Waals surface area (Å²) in [4.78, 5) is 13.7. The lowest BCUT2D eigenvalue weighted by Crippen LogP contribution is -2.06. The third-order valence-electron chi connectivity index (χ3n) is 12.7. The van der Waals surface area contributed by atoms with Gasteiger partial charge in [0.05, 0.1) is 22.4 Å². The van der Waals surface area contributed by atoms with Crippen LogP contribution in [0.1, 0.15) is 56.1 Å². The van der Waals surface area contributed by atoms with E-state index >= 15 is 0 Å². The molecule has 1 atom stereocenters. The lowest BCUT2D eigenvalue weighted by Gasteiger charge is -2.22. The molecule has 1 unspecified atom stereocenters. The Balaban J connectivity index is 0.000000525. The number of aromatic nitrogens is 4. The molecule has 5 aromatic carbocycles. The largest absolute Gasteiger partial charge is 0.309 e. The first-order chi connectivity index (χ1) is 33.0. The quantitative estimate of drug-likeness (QED) is 0.129. The van der Waals surface area contributed by atoms with Crippen molar-refractivity contribution in [1.82, 2.24) is 19.5 Å². The molecule has 1 aliphatic carbocycles. The predicted molar refractivity (Wildman–Crippen MR) is 288 cm³/mol. The van der Waals surface area contributed by atoms with Gasteiger partial charge in [-0.2, -0.15) is 0 Å². The molecule has 326 valence electrons. The van der Waals surface area contributed by atoms with Crippen molar-refractivity contribution < 1.29 is 0 Å². The van der Waals surface area contributed by atoms with Crippen LogP contribution in [0.4, 0.5) is 0 Å². The van der Waals surface area contributed by atoms with Crippen molar-refractivity contribution in [3.05, 3.63) is 236 Å². The highest BCUT2D eigenvalue weighted by molar-refractivity contribution is 7.25. The lowest BCUT2D eigenvalue weighted by molar-refractivity contribution is 0.757. The number of fused-ring (bicyclic) bond motifs is 6. The van der Waals surface area contributed by atoms with Crippen molar-refractivity contribution in [1.29, 1.82) is 0 Å². The third-order valence-corrected chi connectivity index (χ3v) is 13.9. The Labute approximate surface area is 397 Å². The molecule has 0 bridgehead atoms. The Morgan fingerprint density at radius 1 is 0.672 bits per heavy atom. The van der Waals surface area contributed by atoms with Gasteiger partial charge in [-0.1, -0.05) is 124 Å². The van der Waals surface area contributed by atoms with E-state index in [0.717, 1.165) is 52.2 Å². The Kier molecular flexibility index (Phi) is 12.5. The van der Waals surface area contributed by atoms with Crippen LogP contribution < -0.4 is 0 Å². The fourth-order valence-electron chi connectivity index (χ4n) is 9.51. The van der Waals surface area contributed by atoms with Crippen LogP contribution in [-0.4, -0.2) is 19.5 Å². The number of hydrogen-bond acceptors (Lipinski definition) is 4. The summed E-state index contributed by atoms with van der Waals surface area (Å²) >= 11 is 1.85. The molecule has 0 saturated carbocycles. The van der Waals surface area contributed by atoms with E-state index in [1.54, 1.807) is 0 Å². The predicted octanol–water partition coefficient (Wildman–Crippen LogP) is 17.0. The van der Waals surface area contributed by atoms with Crippen LogP contribution in [0.3, 0.4) is 0 Å². The average molecular weight is 885 g/mol. The van der Waals surface area contributed by atoms with Crippen LogP contribution in [0.25, 0.3) is 86.8 Å². The van der Waals surface area contributed by atoms with Gasteiger partial charge in [-0.15, -0.1) is 11.3 Å². The average Bonchev–Trinajstić information content (AvgIpc) is 3.92. The van der Waals surface area contributed by atoms with Gasteiger partial charge in [0, 0.05) is 66.5 Å². The smallest absolute Gasteiger partial charge is 0.0708 e. The van der Waals surface area contributed by atoms with Crippen LogP contribution in [0.5, 0.6) is 0 Å². The summed E-state index contributed by atoms with van der Waals surface area (Å²) in [6.07, 6.45) is 21.7. The molecular formula is C62H52N4S. The number of hydrogen-bond donors (Lipinski definition) is 0. The number of thiophene rings is 1. The molecule has 0 aliphatic heterocycles. The van der Waals surface area contributed by atoms with Crippen molar-refractivity contribution in [2.45, 2.75) is 40.0 Å². The normalized spacial score (nSPS) is 14.1. The molecule has 0 saturated heterocycles. The molecule has 0 fully saturated rings. The summed E-state index contributed by atoms with van der Waals surface area (Å²) in [6.45, 7) is 10.6. The van der Waals surface area contributed by atoms with E-state index in [1.807, 2.05) is 73.3 Å². The summed E-state index contributed by atoms with van der Waals surface area (Å²) in [7, 11) is 0. The van der Waals surface area contributed by atoms with Gasteiger partial charge >= 0.3 is 0 Å². The minimum absolute atomic E-state index is 0.357. The molecule has 0 N–H and O–H groups in total. The highest BCUT2D eigenvalue weighted by atomic mass is 32.1. The summed E-state index contributed by atoms with van der Waals surface area (Å²) < 4.78 is 5.00. The monoisotopic (exact) mass is 884 g/mol. The van der Waals surface area contributed by atoms with E-state index in [0.29, 0.717) is 5.92 Å². The standard InChI is InChI=1S/C54H41N3S.C8H11N/c1-4-6-15-36(5-2)37-23-27-52-46(31-37)47-34-40(24-28-53(47)58-52)57-50-25-21-38(41-16-7-8-17-43(41)48-19-9-11-29-55-48)32-44(50)45-33-39(22-26-51(45)57)42-18-13-14-35(3)54(42)49-20-10-12-30-56-49;1-2-5-8-6-3-4-7-9-8/h4-13,15-35H,2,14H2,1,3H3;3-4,6-7H,2,5H2,1H3/b6-4-,36-15+;. The van der Waals surface area contributed by atoms with Crippen molar-refractivity contribution in [2.24, 2.45) is 5.92 Å².